The number of nitrogens with one attached hydrogen (secondary N) is 1. The van der Waals surface area contributed by atoms with Crippen molar-refractivity contribution in [2.45, 2.75) is 64.6 Å². The first-order chi connectivity index (χ1) is 9.79. The van der Waals surface area contributed by atoms with Crippen LogP contribution in [-0.2, 0) is 13.1 Å². The number of hydrogen-bond acceptors (Lipinski definition) is 4. The molecule has 0 aromatic carbocycles. The van der Waals surface area contributed by atoms with Gasteiger partial charge in [0.25, 0.3) is 0 Å². The van der Waals surface area contributed by atoms with Gasteiger partial charge in [0.05, 0.1) is 12.2 Å². The Morgan fingerprint density at radius 3 is 2.95 bits per heavy atom. The summed E-state index contributed by atoms with van der Waals surface area (Å²) < 4.78 is 0. The molecular formula is C16H27N3S. The number of aromatic nitrogens is 1. The third-order valence-electron chi connectivity index (χ3n) is 4.63. The number of rotatable bonds is 5. The van der Waals surface area contributed by atoms with Crippen LogP contribution in [0, 0.1) is 5.92 Å². The lowest BCUT2D eigenvalue weighted by Gasteiger charge is -2.29. The maximum Gasteiger partial charge on any atom is 0.107 e. The molecule has 4 heteroatoms. The SMILES string of the molecule is CC1CCCN(Cc2nc(CNC3CCCC3)cs2)C1. The average molecular weight is 293 g/mol. The Morgan fingerprint density at radius 1 is 1.30 bits per heavy atom. The zero-order chi connectivity index (χ0) is 13.8. The van der Waals surface area contributed by atoms with E-state index in [1.807, 2.05) is 11.3 Å². The highest BCUT2D eigenvalue weighted by Crippen LogP contribution is 2.21. The predicted molar refractivity (Wildman–Crippen MR) is 84.9 cm³/mol. The van der Waals surface area contributed by atoms with Gasteiger partial charge in [0.1, 0.15) is 5.01 Å². The van der Waals surface area contributed by atoms with Crippen molar-refractivity contribution in [3.05, 3.63) is 16.1 Å². The van der Waals surface area contributed by atoms with Gasteiger partial charge in [-0.3, -0.25) is 4.90 Å². The fourth-order valence-electron chi connectivity index (χ4n) is 3.50. The quantitative estimate of drug-likeness (QED) is 0.902. The zero-order valence-electron chi connectivity index (χ0n) is 12.6. The first-order valence-corrected chi connectivity index (χ1v) is 9.06. The topological polar surface area (TPSA) is 28.2 Å². The van der Waals surface area contributed by atoms with E-state index in [0.29, 0.717) is 0 Å². The van der Waals surface area contributed by atoms with Crippen LogP contribution in [0.2, 0.25) is 0 Å². The predicted octanol–water partition coefficient (Wildman–Crippen LogP) is 3.41. The van der Waals surface area contributed by atoms with Crippen LogP contribution in [0.5, 0.6) is 0 Å². The first kappa shape index (κ1) is 14.5. The highest BCUT2D eigenvalue weighted by atomic mass is 32.1. The summed E-state index contributed by atoms with van der Waals surface area (Å²) in [6.07, 6.45) is 8.24. The number of thiazole rings is 1. The van der Waals surface area contributed by atoms with Gasteiger partial charge in [0, 0.05) is 24.5 Å². The molecule has 0 bridgehead atoms. The molecule has 0 spiro atoms. The third kappa shape index (κ3) is 4.03. The van der Waals surface area contributed by atoms with Gasteiger partial charge < -0.3 is 5.32 Å². The van der Waals surface area contributed by atoms with Gasteiger partial charge in [-0.1, -0.05) is 19.8 Å². The zero-order valence-corrected chi connectivity index (χ0v) is 13.4. The highest BCUT2D eigenvalue weighted by molar-refractivity contribution is 7.09. The van der Waals surface area contributed by atoms with Gasteiger partial charge in [0.2, 0.25) is 0 Å². The summed E-state index contributed by atoms with van der Waals surface area (Å²) in [5.41, 5.74) is 1.24. The monoisotopic (exact) mass is 293 g/mol. The van der Waals surface area contributed by atoms with Gasteiger partial charge in [-0.15, -0.1) is 11.3 Å². The van der Waals surface area contributed by atoms with Crippen molar-refractivity contribution in [2.75, 3.05) is 13.1 Å². The molecule has 1 saturated carbocycles. The maximum absolute atomic E-state index is 4.80. The van der Waals surface area contributed by atoms with E-state index >= 15 is 0 Å². The molecule has 1 atom stereocenters. The van der Waals surface area contributed by atoms with Gasteiger partial charge in [-0.05, 0) is 38.1 Å². The molecule has 1 aliphatic heterocycles. The molecule has 1 aliphatic carbocycles. The molecular weight excluding hydrogens is 266 g/mol. The number of likely N-dealkylation sites (tertiary alicyclic amines) is 1. The normalized spacial score (nSPS) is 25.4. The number of hydrogen-bond donors (Lipinski definition) is 1. The van der Waals surface area contributed by atoms with Crippen LogP contribution < -0.4 is 5.32 Å². The summed E-state index contributed by atoms with van der Waals surface area (Å²) in [7, 11) is 0. The fourth-order valence-corrected chi connectivity index (χ4v) is 4.34. The van der Waals surface area contributed by atoms with Crippen molar-refractivity contribution in [2.24, 2.45) is 5.92 Å². The van der Waals surface area contributed by atoms with E-state index in [9.17, 15) is 0 Å². The van der Waals surface area contributed by atoms with Crippen molar-refractivity contribution < 1.29 is 0 Å². The maximum atomic E-state index is 4.80. The molecule has 1 unspecified atom stereocenters. The van der Waals surface area contributed by atoms with Crippen LogP contribution in [0.1, 0.15) is 56.2 Å². The van der Waals surface area contributed by atoms with Crippen LogP contribution in [0.3, 0.4) is 0 Å². The van der Waals surface area contributed by atoms with Crippen LogP contribution in [-0.4, -0.2) is 29.0 Å². The lowest BCUT2D eigenvalue weighted by atomic mass is 10.0. The minimum atomic E-state index is 0.739. The Kier molecular flexibility index (Phi) is 5.08. The molecule has 2 aliphatic rings. The van der Waals surface area contributed by atoms with E-state index in [1.165, 1.54) is 62.3 Å². The summed E-state index contributed by atoms with van der Waals surface area (Å²) in [6, 6.07) is 0.739. The van der Waals surface area contributed by atoms with E-state index in [1.54, 1.807) is 0 Å². The lowest BCUT2D eigenvalue weighted by Crippen LogP contribution is -2.33. The van der Waals surface area contributed by atoms with Crippen molar-refractivity contribution in [1.29, 1.82) is 0 Å². The van der Waals surface area contributed by atoms with Crippen LogP contribution in [0.4, 0.5) is 0 Å². The van der Waals surface area contributed by atoms with E-state index in [0.717, 1.165) is 25.0 Å². The Bertz CT molecular complexity index is 412. The second kappa shape index (κ2) is 7.01. The number of piperidine rings is 1. The standard InChI is InChI=1S/C16H27N3S/c1-13-5-4-8-19(10-13)11-16-18-15(12-20-16)9-17-14-6-2-3-7-14/h12-14,17H,2-11H2,1H3. The smallest absolute Gasteiger partial charge is 0.107 e. The highest BCUT2D eigenvalue weighted by Gasteiger charge is 2.18. The first-order valence-electron chi connectivity index (χ1n) is 8.18. The summed E-state index contributed by atoms with van der Waals surface area (Å²) in [6.45, 7) is 6.87. The summed E-state index contributed by atoms with van der Waals surface area (Å²) in [5, 5.41) is 7.19. The molecule has 2 fully saturated rings. The Hall–Kier alpha value is -0.450. The average Bonchev–Trinajstić information content (AvgIpc) is 3.07. The Labute approximate surface area is 126 Å². The summed E-state index contributed by atoms with van der Waals surface area (Å²) in [4.78, 5) is 7.38. The third-order valence-corrected chi connectivity index (χ3v) is 5.51. The van der Waals surface area contributed by atoms with E-state index in [-0.39, 0.29) is 0 Å². The molecule has 1 aromatic rings. The van der Waals surface area contributed by atoms with E-state index in [2.05, 4.69) is 22.5 Å². The van der Waals surface area contributed by atoms with Gasteiger partial charge >= 0.3 is 0 Å². The van der Waals surface area contributed by atoms with E-state index < -0.39 is 0 Å². The van der Waals surface area contributed by atoms with Crippen molar-refractivity contribution in [3.8, 4) is 0 Å². The molecule has 2 heterocycles. The molecule has 0 radical (unpaired) electrons. The minimum absolute atomic E-state index is 0.739. The molecule has 3 rings (SSSR count). The Morgan fingerprint density at radius 2 is 2.15 bits per heavy atom. The molecule has 1 N–H and O–H groups in total. The molecule has 20 heavy (non-hydrogen) atoms. The van der Waals surface area contributed by atoms with Crippen LogP contribution in [0.15, 0.2) is 5.38 Å². The lowest BCUT2D eigenvalue weighted by molar-refractivity contribution is 0.176. The molecule has 1 aromatic heterocycles. The van der Waals surface area contributed by atoms with Crippen molar-refractivity contribution >= 4 is 11.3 Å². The van der Waals surface area contributed by atoms with Crippen LogP contribution >= 0.6 is 11.3 Å². The molecule has 112 valence electrons. The van der Waals surface area contributed by atoms with Gasteiger partial charge in [-0.2, -0.15) is 0 Å². The van der Waals surface area contributed by atoms with Crippen molar-refractivity contribution in [1.82, 2.24) is 15.2 Å². The summed E-state index contributed by atoms with van der Waals surface area (Å²) in [5.74, 6) is 0.854. The minimum Gasteiger partial charge on any atom is -0.308 e. The molecule has 3 nitrogen and oxygen atoms in total. The van der Waals surface area contributed by atoms with Crippen molar-refractivity contribution in [3.63, 3.8) is 0 Å². The second-order valence-electron chi connectivity index (χ2n) is 6.58. The van der Waals surface area contributed by atoms with Crippen LogP contribution in [0.25, 0.3) is 0 Å². The summed E-state index contributed by atoms with van der Waals surface area (Å²) >= 11 is 1.83. The molecule has 1 saturated heterocycles. The van der Waals surface area contributed by atoms with E-state index in [4.69, 9.17) is 4.98 Å². The largest absolute Gasteiger partial charge is 0.308 e. The Balaban J connectivity index is 1.46. The van der Waals surface area contributed by atoms with Gasteiger partial charge in [-0.25, -0.2) is 4.98 Å². The molecule has 0 amide bonds. The number of nitrogens with zero attached hydrogens (tertiary/aromatic N) is 2. The van der Waals surface area contributed by atoms with Gasteiger partial charge in [0.15, 0.2) is 0 Å². The second-order valence-corrected chi connectivity index (χ2v) is 7.52. The fraction of sp³-hybridized carbons (Fsp3) is 0.812.